The number of piperidine rings is 1. The number of amides is 2. The monoisotopic (exact) mass is 507 g/mol. The predicted octanol–water partition coefficient (Wildman–Crippen LogP) is 4.42. The molecule has 5 rings (SSSR count). The standard InChI is InChI=1S/C27H29N3O5S/c1-27(2,3)35-26(33)30-19-6-4-16(11-19)23(30)24(31)29-18(13-28)12-20-7-9-22(36-20)15-5-8-21-17(10-15)14-34-25(21)32/h5,7-10,16,18-19,23H,4,6,11-12,14H2,1-3H3,(H,29,31)/t16?,18-,19?,23-/m0/s1. The van der Waals surface area contributed by atoms with Crippen molar-refractivity contribution in [2.24, 2.45) is 5.92 Å². The van der Waals surface area contributed by atoms with Gasteiger partial charge in [-0.1, -0.05) is 6.07 Å². The summed E-state index contributed by atoms with van der Waals surface area (Å²) in [5, 5.41) is 12.7. The molecule has 1 aromatic carbocycles. The number of hydrogen-bond acceptors (Lipinski definition) is 7. The van der Waals surface area contributed by atoms with Crippen molar-refractivity contribution < 1.29 is 23.9 Å². The zero-order chi connectivity index (χ0) is 25.6. The van der Waals surface area contributed by atoms with Gasteiger partial charge in [-0.3, -0.25) is 9.69 Å². The van der Waals surface area contributed by atoms with E-state index in [1.165, 1.54) is 0 Å². The minimum absolute atomic E-state index is 0.00834. The number of likely N-dealkylation sites (tertiary alicyclic amines) is 1. The maximum absolute atomic E-state index is 13.3. The number of hydrogen-bond donors (Lipinski definition) is 1. The first kappa shape index (κ1) is 24.3. The maximum Gasteiger partial charge on any atom is 0.411 e. The third kappa shape index (κ3) is 4.70. The number of esters is 1. The van der Waals surface area contributed by atoms with Crippen molar-refractivity contribution in [3.63, 3.8) is 0 Å². The molecule has 2 fully saturated rings. The summed E-state index contributed by atoms with van der Waals surface area (Å²) in [6.07, 6.45) is 2.46. The highest BCUT2D eigenvalue weighted by Gasteiger charge is 2.52. The quantitative estimate of drug-likeness (QED) is 0.600. The van der Waals surface area contributed by atoms with Gasteiger partial charge in [-0.25, -0.2) is 9.59 Å². The summed E-state index contributed by atoms with van der Waals surface area (Å²) >= 11 is 1.55. The summed E-state index contributed by atoms with van der Waals surface area (Å²) in [7, 11) is 0. The minimum atomic E-state index is -0.713. The molecule has 2 aromatic rings. The number of carbonyl (C=O) groups is 3. The van der Waals surface area contributed by atoms with Crippen LogP contribution in [0.2, 0.25) is 0 Å². The Hall–Kier alpha value is -3.38. The number of carbonyl (C=O) groups excluding carboxylic acids is 3. The van der Waals surface area contributed by atoms with Crippen LogP contribution in [-0.4, -0.2) is 46.6 Å². The SMILES string of the molecule is CC(C)(C)OC(=O)N1C2CCC(C2)[C@H]1C(=O)N[C@H](C#N)Cc1ccc(-c2ccc3c(c2)COC3=O)s1. The fourth-order valence-corrected chi connectivity index (χ4v) is 6.47. The lowest BCUT2D eigenvalue weighted by Crippen LogP contribution is -2.55. The molecule has 4 atom stereocenters. The van der Waals surface area contributed by atoms with E-state index in [9.17, 15) is 19.6 Å². The fraction of sp³-hybridized carbons (Fsp3) is 0.481. The van der Waals surface area contributed by atoms with Crippen LogP contribution < -0.4 is 5.32 Å². The summed E-state index contributed by atoms with van der Waals surface area (Å²) in [6, 6.07) is 10.5. The molecule has 3 aliphatic rings. The smallest absolute Gasteiger partial charge is 0.411 e. The summed E-state index contributed by atoms with van der Waals surface area (Å²) < 4.78 is 10.7. The molecule has 1 N–H and O–H groups in total. The Morgan fingerprint density at radius 3 is 2.83 bits per heavy atom. The highest BCUT2D eigenvalue weighted by Crippen LogP contribution is 2.43. The van der Waals surface area contributed by atoms with Gasteiger partial charge in [-0.2, -0.15) is 5.26 Å². The van der Waals surface area contributed by atoms with Gasteiger partial charge in [0.1, 0.15) is 24.3 Å². The Morgan fingerprint density at radius 1 is 1.28 bits per heavy atom. The van der Waals surface area contributed by atoms with Crippen molar-refractivity contribution in [1.29, 1.82) is 5.26 Å². The minimum Gasteiger partial charge on any atom is -0.457 e. The Balaban J connectivity index is 1.26. The second-order valence-electron chi connectivity index (χ2n) is 10.7. The van der Waals surface area contributed by atoms with Gasteiger partial charge in [0.2, 0.25) is 5.91 Å². The van der Waals surface area contributed by atoms with Crippen LogP contribution >= 0.6 is 11.3 Å². The summed E-state index contributed by atoms with van der Waals surface area (Å²) in [5.41, 5.74) is 1.81. The zero-order valence-electron chi connectivity index (χ0n) is 20.6. The van der Waals surface area contributed by atoms with Crippen LogP contribution in [-0.2, 0) is 27.3 Å². The van der Waals surface area contributed by atoms with Crippen molar-refractivity contribution in [3.8, 4) is 16.5 Å². The van der Waals surface area contributed by atoms with Crippen molar-refractivity contribution in [3.05, 3.63) is 46.3 Å². The zero-order valence-corrected chi connectivity index (χ0v) is 21.4. The Morgan fingerprint density at radius 2 is 2.08 bits per heavy atom. The Kier molecular flexibility index (Phi) is 6.25. The summed E-state index contributed by atoms with van der Waals surface area (Å²) in [4.78, 5) is 41.4. The first-order chi connectivity index (χ1) is 17.1. The van der Waals surface area contributed by atoms with Crippen molar-refractivity contribution in [1.82, 2.24) is 10.2 Å². The first-order valence-corrected chi connectivity index (χ1v) is 13.0. The van der Waals surface area contributed by atoms with Gasteiger partial charge in [0.15, 0.2) is 0 Å². The van der Waals surface area contributed by atoms with Crippen LogP contribution in [0, 0.1) is 17.2 Å². The Bertz CT molecular complexity index is 1260. The number of nitrogens with one attached hydrogen (secondary N) is 1. The number of rotatable bonds is 5. The molecule has 3 heterocycles. The van der Waals surface area contributed by atoms with E-state index in [2.05, 4.69) is 11.4 Å². The highest BCUT2D eigenvalue weighted by atomic mass is 32.1. The second kappa shape index (κ2) is 9.25. The first-order valence-electron chi connectivity index (χ1n) is 12.2. The molecule has 9 heteroatoms. The van der Waals surface area contributed by atoms with E-state index in [4.69, 9.17) is 9.47 Å². The van der Waals surface area contributed by atoms with Gasteiger partial charge in [-0.15, -0.1) is 11.3 Å². The number of cyclic esters (lactones) is 1. The lowest BCUT2D eigenvalue weighted by molar-refractivity contribution is -0.128. The van der Waals surface area contributed by atoms with Crippen LogP contribution in [0.4, 0.5) is 4.79 Å². The fourth-order valence-electron chi connectivity index (χ4n) is 5.42. The molecule has 36 heavy (non-hydrogen) atoms. The van der Waals surface area contributed by atoms with E-state index in [-0.39, 0.29) is 30.4 Å². The molecule has 0 spiro atoms. The molecular formula is C27H29N3O5S. The molecule has 8 nitrogen and oxygen atoms in total. The van der Waals surface area contributed by atoms with Crippen LogP contribution in [0.1, 0.15) is 60.8 Å². The van der Waals surface area contributed by atoms with Gasteiger partial charge >= 0.3 is 12.1 Å². The number of nitrogens with zero attached hydrogens (tertiary/aromatic N) is 2. The molecule has 0 radical (unpaired) electrons. The van der Waals surface area contributed by atoms with E-state index in [0.29, 0.717) is 12.0 Å². The van der Waals surface area contributed by atoms with E-state index >= 15 is 0 Å². The number of fused-ring (bicyclic) bond motifs is 3. The number of thiophene rings is 1. The van der Waals surface area contributed by atoms with E-state index in [1.54, 1.807) is 22.3 Å². The summed E-state index contributed by atoms with van der Waals surface area (Å²) in [6.45, 7) is 5.72. The molecule has 1 aliphatic carbocycles. The van der Waals surface area contributed by atoms with Crippen molar-refractivity contribution in [2.75, 3.05) is 0 Å². The van der Waals surface area contributed by atoms with E-state index in [1.807, 2.05) is 45.0 Å². The lowest BCUT2D eigenvalue weighted by atomic mass is 9.97. The predicted molar refractivity (Wildman–Crippen MR) is 133 cm³/mol. The van der Waals surface area contributed by atoms with Crippen molar-refractivity contribution >= 4 is 29.3 Å². The van der Waals surface area contributed by atoms with Crippen LogP contribution in [0.3, 0.4) is 0 Å². The molecule has 2 amide bonds. The van der Waals surface area contributed by atoms with Gasteiger partial charge in [-0.05, 0) is 75.8 Å². The number of ether oxygens (including phenoxy) is 2. The Labute approximate surface area is 214 Å². The molecule has 2 bridgehead atoms. The molecule has 188 valence electrons. The lowest BCUT2D eigenvalue weighted by Gasteiger charge is -2.35. The normalized spacial score (nSPS) is 23.1. The molecule has 2 aliphatic heterocycles. The maximum atomic E-state index is 13.3. The van der Waals surface area contributed by atoms with E-state index in [0.717, 1.165) is 40.1 Å². The number of benzene rings is 1. The van der Waals surface area contributed by atoms with Crippen molar-refractivity contribution in [2.45, 2.75) is 76.8 Å². The molecule has 1 saturated heterocycles. The third-order valence-electron chi connectivity index (χ3n) is 6.97. The molecule has 1 saturated carbocycles. The third-order valence-corrected chi connectivity index (χ3v) is 8.12. The number of nitriles is 1. The molecule has 2 unspecified atom stereocenters. The average molecular weight is 508 g/mol. The topological polar surface area (TPSA) is 109 Å². The van der Waals surface area contributed by atoms with Gasteiger partial charge in [0.05, 0.1) is 11.6 Å². The van der Waals surface area contributed by atoms with Gasteiger partial charge in [0.25, 0.3) is 0 Å². The highest BCUT2D eigenvalue weighted by molar-refractivity contribution is 7.15. The van der Waals surface area contributed by atoms with Crippen LogP contribution in [0.25, 0.3) is 10.4 Å². The van der Waals surface area contributed by atoms with Crippen LogP contribution in [0.5, 0.6) is 0 Å². The summed E-state index contributed by atoms with van der Waals surface area (Å²) in [5.74, 6) is -0.498. The average Bonchev–Trinajstić information content (AvgIpc) is 3.61. The van der Waals surface area contributed by atoms with Gasteiger partial charge in [0, 0.05) is 27.8 Å². The van der Waals surface area contributed by atoms with Gasteiger partial charge < -0.3 is 14.8 Å². The van der Waals surface area contributed by atoms with E-state index < -0.39 is 23.8 Å². The largest absolute Gasteiger partial charge is 0.457 e. The second-order valence-corrected chi connectivity index (χ2v) is 11.8. The van der Waals surface area contributed by atoms with Crippen LogP contribution in [0.15, 0.2) is 30.3 Å². The molecular weight excluding hydrogens is 478 g/mol. The molecule has 1 aromatic heterocycles.